The van der Waals surface area contributed by atoms with Crippen molar-refractivity contribution in [2.24, 2.45) is 0 Å². The highest BCUT2D eigenvalue weighted by Gasteiger charge is 2.29. The minimum Gasteiger partial charge on any atom is -0.378 e. The zero-order valence-electron chi connectivity index (χ0n) is 34.5. The average Bonchev–Trinajstić information content (AvgIpc) is 4.13. The second kappa shape index (κ2) is 19.7. The number of likely N-dealkylation sites (N-methyl/N-ethyl adjacent to an activating group) is 1. The van der Waals surface area contributed by atoms with Gasteiger partial charge in [-0.05, 0) is 30.3 Å². The summed E-state index contributed by atoms with van der Waals surface area (Å²) in [5.74, 6) is 0.803. The number of pyridine rings is 2. The van der Waals surface area contributed by atoms with Crippen molar-refractivity contribution in [1.82, 2.24) is 79.4 Å². The minimum atomic E-state index is -0.120. The van der Waals surface area contributed by atoms with E-state index in [-0.39, 0.29) is 49.3 Å². The number of nitrogens with zero attached hydrogens (tertiary/aromatic N) is 15. The highest BCUT2D eigenvalue weighted by atomic mass is 35.5. The number of hydrogen-bond donors (Lipinski definition) is 1. The van der Waals surface area contributed by atoms with Crippen LogP contribution in [0, 0.1) is 0 Å². The summed E-state index contributed by atoms with van der Waals surface area (Å²) in [6, 6.07) is 6.61. The topological polar surface area (TPSA) is 215 Å². The summed E-state index contributed by atoms with van der Waals surface area (Å²) in [5, 5.41) is 29.7. The molecule has 1 N–H and O–H groups in total. The first-order valence-corrected chi connectivity index (χ1v) is 21.8. The molecule has 0 spiro atoms. The van der Waals surface area contributed by atoms with Gasteiger partial charge in [-0.25, -0.2) is 29.0 Å². The second-order valence-corrected chi connectivity index (χ2v) is 16.8. The van der Waals surface area contributed by atoms with Gasteiger partial charge in [0.05, 0.1) is 84.7 Å². The molecule has 10 rings (SSSR count). The third-order valence-electron chi connectivity index (χ3n) is 10.7. The number of carbonyl (C=O) groups excluding carboxylic acids is 2. The molecule has 334 valence electrons. The fraction of sp³-hybridized carbons (Fsp3) is 0.317. The SMILES string of the molecule is CN1CCOCC1c1c(CC(=O)Cc2cnc(-n3nccn3)c(Cl)c2)cnc2cc(Cl)nn12.O=C(Cc1cnc(-n2nccn2)c(Cl)c1)Cc1cnc2cc(Cl)nn2c1C1COCCN1. The maximum absolute atomic E-state index is 13.0. The average molecular weight is 961 g/mol. The maximum Gasteiger partial charge on any atom is 0.193 e. The number of halogens is 4. The minimum absolute atomic E-state index is 0.00198. The van der Waals surface area contributed by atoms with Gasteiger partial charge in [-0.2, -0.15) is 30.6 Å². The predicted molar refractivity (Wildman–Crippen MR) is 237 cm³/mol. The number of ether oxygens (including phenoxy) is 2. The molecule has 2 aliphatic heterocycles. The molecule has 0 aliphatic carbocycles. The number of nitrogens with one attached hydrogen (secondary N) is 1. The van der Waals surface area contributed by atoms with Crippen molar-refractivity contribution in [3.05, 3.63) is 128 Å². The van der Waals surface area contributed by atoms with Crippen LogP contribution in [0.3, 0.4) is 0 Å². The van der Waals surface area contributed by atoms with Crippen molar-refractivity contribution >= 4 is 69.3 Å². The van der Waals surface area contributed by atoms with Crippen molar-refractivity contribution in [1.29, 1.82) is 0 Å². The Bertz CT molecular complexity index is 2980. The van der Waals surface area contributed by atoms with Gasteiger partial charge in [0, 0.05) is 86.8 Å². The first-order chi connectivity index (χ1) is 31.6. The zero-order valence-corrected chi connectivity index (χ0v) is 37.5. The Labute approximate surface area is 389 Å². The van der Waals surface area contributed by atoms with Gasteiger partial charge in [-0.3, -0.25) is 14.5 Å². The van der Waals surface area contributed by atoms with E-state index in [0.717, 1.165) is 29.1 Å². The Hall–Kier alpha value is -5.84. The van der Waals surface area contributed by atoms with Gasteiger partial charge in [0.2, 0.25) is 0 Å². The van der Waals surface area contributed by atoms with E-state index in [1.54, 1.807) is 70.5 Å². The highest BCUT2D eigenvalue weighted by molar-refractivity contribution is 6.32. The molecule has 8 aromatic heterocycles. The molecule has 0 aromatic carbocycles. The molecule has 65 heavy (non-hydrogen) atoms. The van der Waals surface area contributed by atoms with Crippen molar-refractivity contribution in [3.8, 4) is 11.6 Å². The van der Waals surface area contributed by atoms with E-state index in [2.05, 4.69) is 60.7 Å². The largest absolute Gasteiger partial charge is 0.378 e. The number of aromatic nitrogens is 14. The molecule has 2 fully saturated rings. The molecule has 2 saturated heterocycles. The van der Waals surface area contributed by atoms with Crippen LogP contribution in [0.2, 0.25) is 20.4 Å². The third kappa shape index (κ3) is 10.0. The monoisotopic (exact) mass is 958 g/mol. The van der Waals surface area contributed by atoms with Crippen molar-refractivity contribution in [3.63, 3.8) is 0 Å². The smallest absolute Gasteiger partial charge is 0.193 e. The molecule has 8 aromatic rings. The van der Waals surface area contributed by atoms with Crippen LogP contribution in [0.4, 0.5) is 0 Å². The summed E-state index contributed by atoms with van der Waals surface area (Å²) in [5.41, 5.74) is 5.89. The van der Waals surface area contributed by atoms with E-state index in [9.17, 15) is 9.59 Å². The van der Waals surface area contributed by atoms with Crippen LogP contribution >= 0.6 is 46.4 Å². The molecule has 0 bridgehead atoms. The number of morpholine rings is 2. The van der Waals surface area contributed by atoms with Crippen LogP contribution in [0.25, 0.3) is 22.9 Å². The van der Waals surface area contributed by atoms with Gasteiger partial charge in [0.25, 0.3) is 0 Å². The standard InChI is InChI=1S/C21H20Cl2N8O2.C20H18Cl2N8O2/c1-29-4-5-33-12-17(29)20-14(11-24-19-9-18(23)28-30(19)20)8-15(32)6-13-7-16(22)21(25-10-13)31-26-2-3-27-31;21-15-6-12(9-25-20(15)30-26-1-2-27-30)5-14(31)7-13-10-24-18-8-17(22)28-29(18)19(13)16-11-32-4-3-23-16/h2-3,7,9-11,17H,4-6,8,12H2,1H3;1-2,6,8-10,16,23H,3-5,7,11H2. The molecular formula is C41H38Cl4N16O4. The first kappa shape index (κ1) is 44.4. The van der Waals surface area contributed by atoms with E-state index < -0.39 is 0 Å². The van der Waals surface area contributed by atoms with E-state index in [1.807, 2.05) is 7.05 Å². The van der Waals surface area contributed by atoms with E-state index >= 15 is 0 Å². The first-order valence-electron chi connectivity index (χ1n) is 20.3. The van der Waals surface area contributed by atoms with Gasteiger partial charge < -0.3 is 14.8 Å². The predicted octanol–water partition coefficient (Wildman–Crippen LogP) is 4.40. The van der Waals surface area contributed by atoms with Gasteiger partial charge in [0.1, 0.15) is 11.6 Å². The summed E-state index contributed by atoms with van der Waals surface area (Å²) in [4.78, 5) is 48.3. The second-order valence-electron chi connectivity index (χ2n) is 15.2. The molecule has 0 saturated carbocycles. The number of fused-ring (bicyclic) bond motifs is 2. The fourth-order valence-corrected chi connectivity index (χ4v) is 8.59. The van der Waals surface area contributed by atoms with Gasteiger partial charge in [-0.15, -0.1) is 9.59 Å². The molecule has 10 heterocycles. The highest BCUT2D eigenvalue weighted by Crippen LogP contribution is 2.29. The Balaban J connectivity index is 0.000000164. The Morgan fingerprint density at radius 2 is 1.15 bits per heavy atom. The summed E-state index contributed by atoms with van der Waals surface area (Å²) in [7, 11) is 2.03. The maximum atomic E-state index is 13.0. The van der Waals surface area contributed by atoms with Crippen LogP contribution < -0.4 is 5.32 Å². The lowest BCUT2D eigenvalue weighted by Gasteiger charge is -2.33. The number of ketones is 2. The number of hydrogen-bond acceptors (Lipinski definition) is 16. The van der Waals surface area contributed by atoms with Crippen LogP contribution in [-0.2, 0) is 44.7 Å². The van der Waals surface area contributed by atoms with E-state index in [0.29, 0.717) is 87.4 Å². The summed E-state index contributed by atoms with van der Waals surface area (Å²) in [6.45, 7) is 3.75. The van der Waals surface area contributed by atoms with Gasteiger partial charge in [0.15, 0.2) is 33.2 Å². The van der Waals surface area contributed by atoms with Crippen molar-refractivity contribution in [2.45, 2.75) is 37.8 Å². The normalized spacial score (nSPS) is 16.8. The van der Waals surface area contributed by atoms with Crippen LogP contribution in [0.1, 0.15) is 45.7 Å². The molecule has 2 atom stereocenters. The number of carbonyl (C=O) groups is 2. The molecule has 24 heteroatoms. The Morgan fingerprint density at radius 3 is 1.65 bits per heavy atom. The Kier molecular flexibility index (Phi) is 13.5. The van der Waals surface area contributed by atoms with Crippen molar-refractivity contribution in [2.75, 3.05) is 46.6 Å². The number of rotatable bonds is 12. The lowest BCUT2D eigenvalue weighted by Crippen LogP contribution is -2.38. The fourth-order valence-electron chi connectivity index (χ4n) is 7.72. The lowest BCUT2D eigenvalue weighted by molar-refractivity contribution is -0.118. The molecule has 2 aliphatic rings. The van der Waals surface area contributed by atoms with Gasteiger partial charge in [-0.1, -0.05) is 46.4 Å². The van der Waals surface area contributed by atoms with Crippen molar-refractivity contribution < 1.29 is 19.1 Å². The van der Waals surface area contributed by atoms with E-state index in [4.69, 9.17) is 55.9 Å². The summed E-state index contributed by atoms with van der Waals surface area (Å²) < 4.78 is 14.7. The van der Waals surface area contributed by atoms with E-state index in [1.165, 1.54) is 22.0 Å². The quantitative estimate of drug-likeness (QED) is 0.180. The summed E-state index contributed by atoms with van der Waals surface area (Å²) in [6.07, 6.45) is 13.5. The third-order valence-corrected chi connectivity index (χ3v) is 11.6. The zero-order chi connectivity index (χ0) is 45.0. The molecule has 20 nitrogen and oxygen atoms in total. The molecular weight excluding hydrogens is 922 g/mol. The Morgan fingerprint density at radius 1 is 0.646 bits per heavy atom. The molecule has 2 unspecified atom stereocenters. The molecule has 0 amide bonds. The number of Topliss-reactive ketones (excluding diaryl/α,β-unsaturated/α-hetero) is 2. The van der Waals surface area contributed by atoms with Gasteiger partial charge >= 0.3 is 0 Å². The lowest BCUT2D eigenvalue weighted by atomic mass is 9.99. The molecule has 0 radical (unpaired) electrons. The van der Waals surface area contributed by atoms with Crippen LogP contribution in [-0.4, -0.2) is 132 Å². The van der Waals surface area contributed by atoms with Crippen LogP contribution in [0.5, 0.6) is 0 Å². The van der Waals surface area contributed by atoms with Crippen LogP contribution in [0.15, 0.2) is 73.8 Å². The summed E-state index contributed by atoms with van der Waals surface area (Å²) >= 11 is 24.9.